The summed E-state index contributed by atoms with van der Waals surface area (Å²) >= 11 is 6.03. The number of amides is 1. The van der Waals surface area contributed by atoms with Crippen LogP contribution in [0.2, 0.25) is 5.02 Å². The molecule has 5 heteroatoms. The number of rotatable bonds is 4. The molecule has 92 valence electrons. The van der Waals surface area contributed by atoms with E-state index in [1.54, 1.807) is 6.07 Å². The van der Waals surface area contributed by atoms with E-state index in [-0.39, 0.29) is 18.4 Å². The first-order valence-corrected chi connectivity index (χ1v) is 5.94. The van der Waals surface area contributed by atoms with E-state index in [0.29, 0.717) is 18.1 Å². The van der Waals surface area contributed by atoms with Crippen molar-refractivity contribution in [2.45, 2.75) is 25.3 Å². The smallest absolute Gasteiger partial charge is 0.217 e. The Morgan fingerprint density at radius 2 is 2.29 bits per heavy atom. The zero-order valence-electron chi connectivity index (χ0n) is 9.41. The summed E-state index contributed by atoms with van der Waals surface area (Å²) in [6.45, 7) is 0.658. The van der Waals surface area contributed by atoms with E-state index < -0.39 is 0 Å². The molecule has 1 heterocycles. The lowest BCUT2D eigenvalue weighted by Gasteiger charge is -2.15. The highest BCUT2D eigenvalue weighted by molar-refractivity contribution is 6.30. The molecular weight excluding hydrogens is 240 g/mol. The Morgan fingerprint density at radius 3 is 3.00 bits per heavy atom. The molecule has 17 heavy (non-hydrogen) atoms. The summed E-state index contributed by atoms with van der Waals surface area (Å²) in [5, 5.41) is 0.652. The van der Waals surface area contributed by atoms with Crippen molar-refractivity contribution in [3.05, 3.63) is 28.3 Å². The first kappa shape index (κ1) is 12.2. The number of ether oxygens (including phenoxy) is 1. The predicted octanol–water partition coefficient (Wildman–Crippen LogP) is 1.54. The van der Waals surface area contributed by atoms with Crippen molar-refractivity contribution in [1.29, 1.82) is 0 Å². The number of fused-ring (bicyclic) bond motifs is 1. The molecule has 0 fully saturated rings. The van der Waals surface area contributed by atoms with Gasteiger partial charge in [-0.3, -0.25) is 4.79 Å². The zero-order valence-corrected chi connectivity index (χ0v) is 10.2. The Labute approximate surface area is 105 Å². The molecule has 4 nitrogen and oxygen atoms in total. The molecule has 1 aromatic carbocycles. The fourth-order valence-corrected chi connectivity index (χ4v) is 2.28. The molecule has 0 aliphatic carbocycles. The Balaban J connectivity index is 2.22. The molecule has 1 amide bonds. The lowest BCUT2D eigenvalue weighted by atomic mass is 9.99. The van der Waals surface area contributed by atoms with E-state index in [2.05, 4.69) is 0 Å². The highest BCUT2D eigenvalue weighted by Gasteiger charge is 2.21. The average Bonchev–Trinajstić information content (AvgIpc) is 2.72. The summed E-state index contributed by atoms with van der Waals surface area (Å²) in [4.78, 5) is 10.7. The van der Waals surface area contributed by atoms with E-state index in [9.17, 15) is 4.79 Å². The van der Waals surface area contributed by atoms with E-state index in [0.717, 1.165) is 23.3 Å². The molecule has 0 aromatic heterocycles. The third-order valence-corrected chi connectivity index (χ3v) is 3.10. The number of primary amides is 1. The van der Waals surface area contributed by atoms with Gasteiger partial charge >= 0.3 is 0 Å². The third-order valence-electron chi connectivity index (χ3n) is 2.88. The van der Waals surface area contributed by atoms with Gasteiger partial charge in [-0.2, -0.15) is 0 Å². The maximum Gasteiger partial charge on any atom is 0.217 e. The van der Waals surface area contributed by atoms with Crippen molar-refractivity contribution in [2.24, 2.45) is 11.5 Å². The number of hydrogen-bond donors (Lipinski definition) is 2. The Hall–Kier alpha value is -1.26. The largest absolute Gasteiger partial charge is 0.493 e. The van der Waals surface area contributed by atoms with Crippen LogP contribution >= 0.6 is 11.6 Å². The van der Waals surface area contributed by atoms with E-state index >= 15 is 0 Å². The topological polar surface area (TPSA) is 78.3 Å². The van der Waals surface area contributed by atoms with Gasteiger partial charge in [-0.05, 0) is 24.1 Å². The third kappa shape index (κ3) is 2.70. The summed E-state index contributed by atoms with van der Waals surface area (Å²) in [7, 11) is 0. The van der Waals surface area contributed by atoms with E-state index in [1.807, 2.05) is 6.07 Å². The number of hydrogen-bond acceptors (Lipinski definition) is 3. The van der Waals surface area contributed by atoms with Crippen molar-refractivity contribution in [2.75, 3.05) is 6.61 Å². The number of nitrogens with two attached hydrogens (primary N) is 2. The van der Waals surface area contributed by atoms with Crippen molar-refractivity contribution in [3.63, 3.8) is 0 Å². The normalized spacial score (nSPS) is 15.2. The quantitative estimate of drug-likeness (QED) is 0.856. The second-order valence-corrected chi connectivity index (χ2v) is 4.63. The maximum atomic E-state index is 10.7. The number of carbonyl (C=O) groups excluding carboxylic acids is 1. The molecule has 0 spiro atoms. The van der Waals surface area contributed by atoms with E-state index in [1.165, 1.54) is 0 Å². The van der Waals surface area contributed by atoms with Gasteiger partial charge in [-0.15, -0.1) is 0 Å². The molecule has 2 rings (SSSR count). The Kier molecular flexibility index (Phi) is 3.54. The molecule has 1 atom stereocenters. The van der Waals surface area contributed by atoms with Crippen LogP contribution in [-0.2, 0) is 11.2 Å². The maximum absolute atomic E-state index is 10.7. The summed E-state index contributed by atoms with van der Waals surface area (Å²) in [6, 6.07) is 3.43. The van der Waals surface area contributed by atoms with Crippen molar-refractivity contribution in [1.82, 2.24) is 0 Å². The fourth-order valence-electron chi connectivity index (χ4n) is 2.03. The predicted molar refractivity (Wildman–Crippen MR) is 66.0 cm³/mol. The molecule has 0 saturated heterocycles. The minimum atomic E-state index is -0.347. The molecule has 0 bridgehead atoms. The first-order valence-electron chi connectivity index (χ1n) is 5.57. The summed E-state index contributed by atoms with van der Waals surface area (Å²) in [6.07, 6.45) is 1.62. The van der Waals surface area contributed by atoms with Crippen LogP contribution in [0.4, 0.5) is 0 Å². The van der Waals surface area contributed by atoms with Crippen LogP contribution in [0.25, 0.3) is 0 Å². The zero-order chi connectivity index (χ0) is 12.4. The highest BCUT2D eigenvalue weighted by atomic mass is 35.5. The molecule has 1 unspecified atom stereocenters. The molecule has 1 aliphatic rings. The molecule has 0 radical (unpaired) electrons. The Morgan fingerprint density at radius 1 is 1.53 bits per heavy atom. The number of benzene rings is 1. The van der Waals surface area contributed by atoms with Gasteiger partial charge in [0, 0.05) is 29.5 Å². The average molecular weight is 255 g/mol. The van der Waals surface area contributed by atoms with Gasteiger partial charge in [0.1, 0.15) is 5.75 Å². The van der Waals surface area contributed by atoms with E-state index in [4.69, 9.17) is 27.8 Å². The van der Waals surface area contributed by atoms with Gasteiger partial charge in [0.15, 0.2) is 0 Å². The summed E-state index contributed by atoms with van der Waals surface area (Å²) in [5.41, 5.74) is 13.1. The van der Waals surface area contributed by atoms with Crippen LogP contribution in [0.1, 0.15) is 30.0 Å². The van der Waals surface area contributed by atoms with Gasteiger partial charge in [0.2, 0.25) is 5.91 Å². The number of carbonyl (C=O) groups is 1. The van der Waals surface area contributed by atoms with Crippen LogP contribution in [0.15, 0.2) is 12.1 Å². The van der Waals surface area contributed by atoms with Crippen LogP contribution in [0.5, 0.6) is 5.75 Å². The van der Waals surface area contributed by atoms with Crippen molar-refractivity contribution in [3.8, 4) is 5.75 Å². The highest BCUT2D eigenvalue weighted by Crippen LogP contribution is 2.36. The van der Waals surface area contributed by atoms with Gasteiger partial charge in [0.25, 0.3) is 0 Å². The van der Waals surface area contributed by atoms with Gasteiger partial charge in [-0.25, -0.2) is 0 Å². The minimum absolute atomic E-state index is 0.266. The monoisotopic (exact) mass is 254 g/mol. The lowest BCUT2D eigenvalue weighted by molar-refractivity contribution is -0.118. The fraction of sp³-hybridized carbons (Fsp3) is 0.417. The SMILES string of the molecule is NC(=O)CCC(N)c1cc(Cl)cc2c1OCC2. The van der Waals surface area contributed by atoms with Gasteiger partial charge in [0.05, 0.1) is 6.61 Å². The molecular formula is C12H15ClN2O2. The second-order valence-electron chi connectivity index (χ2n) is 4.19. The standard InChI is InChI=1S/C12H15ClN2O2/c13-8-5-7-3-4-17-12(7)9(6-8)10(14)1-2-11(15)16/h5-6,10H,1-4,14H2,(H2,15,16). The second kappa shape index (κ2) is 4.94. The van der Waals surface area contributed by atoms with Crippen LogP contribution in [0.3, 0.4) is 0 Å². The van der Waals surface area contributed by atoms with Gasteiger partial charge in [-0.1, -0.05) is 11.6 Å². The lowest BCUT2D eigenvalue weighted by Crippen LogP contribution is -2.17. The molecule has 1 aliphatic heterocycles. The molecule has 4 N–H and O–H groups in total. The molecule has 1 aromatic rings. The molecule has 0 saturated carbocycles. The summed E-state index contributed by atoms with van der Waals surface area (Å²) < 4.78 is 5.56. The van der Waals surface area contributed by atoms with Crippen molar-refractivity contribution < 1.29 is 9.53 Å². The van der Waals surface area contributed by atoms with Gasteiger partial charge < -0.3 is 16.2 Å². The van der Waals surface area contributed by atoms with Crippen LogP contribution < -0.4 is 16.2 Å². The first-order chi connectivity index (χ1) is 8.08. The Bertz CT molecular complexity index is 448. The minimum Gasteiger partial charge on any atom is -0.493 e. The van der Waals surface area contributed by atoms with Crippen LogP contribution in [0, 0.1) is 0 Å². The van der Waals surface area contributed by atoms with Crippen LogP contribution in [-0.4, -0.2) is 12.5 Å². The summed E-state index contributed by atoms with van der Waals surface area (Å²) in [5.74, 6) is 0.478. The van der Waals surface area contributed by atoms with Crippen molar-refractivity contribution >= 4 is 17.5 Å². The number of halogens is 1.